The van der Waals surface area contributed by atoms with Crippen molar-refractivity contribution in [1.29, 1.82) is 0 Å². The van der Waals surface area contributed by atoms with E-state index in [1.807, 2.05) is 35.2 Å². The smallest absolute Gasteiger partial charge is 0.363 e. The first kappa shape index (κ1) is 27.0. The first-order valence-corrected chi connectivity index (χ1v) is 12.6. The minimum atomic E-state index is -0.776. The molecule has 2 aromatic heterocycles. The maximum absolute atomic E-state index is 12.5. The molecule has 204 valence electrons. The van der Waals surface area contributed by atoms with Crippen LogP contribution in [0.3, 0.4) is 0 Å². The van der Waals surface area contributed by atoms with Crippen LogP contribution in [0, 0.1) is 0 Å². The Balaban J connectivity index is 1.26. The van der Waals surface area contributed by atoms with Crippen LogP contribution in [0.25, 0.3) is 22.8 Å². The fourth-order valence-corrected chi connectivity index (χ4v) is 4.51. The first-order chi connectivity index (χ1) is 19.4. The van der Waals surface area contributed by atoms with Gasteiger partial charge >= 0.3 is 5.97 Å². The lowest BCUT2D eigenvalue weighted by Crippen LogP contribution is -2.33. The Hall–Kier alpha value is -4.56. The second-order valence-corrected chi connectivity index (χ2v) is 9.28. The summed E-state index contributed by atoms with van der Waals surface area (Å²) in [7, 11) is 1.51. The fraction of sp³-hybridized carbons (Fsp3) is 0.148. The number of aromatic nitrogens is 2. The summed E-state index contributed by atoms with van der Waals surface area (Å²) in [5.74, 6) is -0.377. The van der Waals surface area contributed by atoms with E-state index in [1.54, 1.807) is 42.6 Å². The molecule has 40 heavy (non-hydrogen) atoms. The number of amides is 2. The highest BCUT2D eigenvalue weighted by Crippen LogP contribution is 2.35. The van der Waals surface area contributed by atoms with E-state index in [0.717, 1.165) is 23.2 Å². The number of nitrogens with zero attached hydrogens (tertiary/aromatic N) is 3. The number of pyridine rings is 1. The first-order valence-electron chi connectivity index (χ1n) is 11.9. The van der Waals surface area contributed by atoms with Crippen LogP contribution in [0.5, 0.6) is 5.75 Å². The third kappa shape index (κ3) is 6.02. The van der Waals surface area contributed by atoms with E-state index >= 15 is 0 Å². The molecule has 3 heterocycles. The molecule has 0 saturated carbocycles. The van der Waals surface area contributed by atoms with Crippen LogP contribution in [0.1, 0.15) is 28.8 Å². The van der Waals surface area contributed by atoms with Crippen molar-refractivity contribution < 1.29 is 47.6 Å². The van der Waals surface area contributed by atoms with Gasteiger partial charge in [0.05, 0.1) is 35.8 Å². The van der Waals surface area contributed by atoms with Gasteiger partial charge in [0.1, 0.15) is 5.75 Å². The van der Waals surface area contributed by atoms with E-state index in [4.69, 9.17) is 19.2 Å². The van der Waals surface area contributed by atoms with Crippen molar-refractivity contribution in [2.45, 2.75) is 24.3 Å². The lowest BCUT2D eigenvalue weighted by atomic mass is 10.1. The molecular weight excluding hydrogens is 542 g/mol. The Morgan fingerprint density at radius 3 is 2.58 bits per heavy atom. The number of oxazole rings is 1. The molecular formula is C27H22N3O9S+. The van der Waals surface area contributed by atoms with Crippen LogP contribution in [-0.2, 0) is 30.3 Å². The zero-order valence-electron chi connectivity index (χ0n) is 21.0. The Bertz CT molecular complexity index is 1540. The molecule has 0 bridgehead atoms. The number of hydrogen-bond donors (Lipinski definition) is 1. The minimum Gasteiger partial charge on any atom is -0.495 e. The Kier molecular flexibility index (Phi) is 8.17. The number of methoxy groups -OCH3 is 1. The van der Waals surface area contributed by atoms with Crippen molar-refractivity contribution in [2.24, 2.45) is 0 Å². The van der Waals surface area contributed by atoms with Gasteiger partial charge in [0.25, 0.3) is 11.8 Å². The second kappa shape index (κ2) is 12.1. The topological polar surface area (TPSA) is 142 Å². The summed E-state index contributed by atoms with van der Waals surface area (Å²) < 4.78 is 17.7. The molecule has 1 fully saturated rings. The van der Waals surface area contributed by atoms with Crippen molar-refractivity contribution in [1.82, 2.24) is 10.0 Å². The third-order valence-corrected chi connectivity index (χ3v) is 6.58. The predicted octanol–water partition coefficient (Wildman–Crippen LogP) is 4.00. The SMILES string of the molecule is COc1ccc(-c2cnc(-c3cc[n+](Cc4cccc(C(=O)ON5C(=O)CCC5=O)c4)cc3)o2)cc1SOOO. The average Bonchev–Trinajstić information content (AvgIpc) is 3.59. The van der Waals surface area contributed by atoms with Crippen molar-refractivity contribution in [3.63, 3.8) is 0 Å². The van der Waals surface area contributed by atoms with E-state index in [9.17, 15) is 14.4 Å². The monoisotopic (exact) mass is 564 g/mol. The van der Waals surface area contributed by atoms with Gasteiger partial charge < -0.3 is 14.0 Å². The van der Waals surface area contributed by atoms with Crippen LogP contribution < -0.4 is 9.30 Å². The van der Waals surface area contributed by atoms with Crippen LogP contribution in [-0.4, -0.2) is 40.2 Å². The number of hydroxylamine groups is 2. The van der Waals surface area contributed by atoms with Crippen LogP contribution >= 0.6 is 12.0 Å². The zero-order valence-corrected chi connectivity index (χ0v) is 21.8. The highest BCUT2D eigenvalue weighted by atomic mass is 32.2. The standard InChI is InChI=1S/C27H21N3O9S/c1-35-21-6-5-19(14-23(21)40-39-38-34)22-15-28-26(36-22)18-9-11-29(12-10-18)16-17-3-2-4-20(13-17)27(33)37-30-24(31)7-8-25(30)32/h2-6,9-15H,7-8,16H2,1H3/p+1. The van der Waals surface area contributed by atoms with Gasteiger partial charge in [-0.2, -0.15) is 0 Å². The summed E-state index contributed by atoms with van der Waals surface area (Å²) in [4.78, 5) is 45.9. The molecule has 1 saturated heterocycles. The van der Waals surface area contributed by atoms with E-state index in [2.05, 4.69) is 14.4 Å². The quantitative estimate of drug-likeness (QED) is 0.0982. The van der Waals surface area contributed by atoms with Crippen molar-refractivity contribution in [2.75, 3.05) is 7.11 Å². The van der Waals surface area contributed by atoms with E-state index < -0.39 is 17.8 Å². The van der Waals surface area contributed by atoms with Gasteiger partial charge in [-0.3, -0.25) is 9.59 Å². The summed E-state index contributed by atoms with van der Waals surface area (Å²) in [5, 5.41) is 12.7. The highest BCUT2D eigenvalue weighted by molar-refractivity contribution is 7.94. The maximum atomic E-state index is 12.5. The average molecular weight is 565 g/mol. The number of hydrogen-bond acceptors (Lipinski definition) is 11. The van der Waals surface area contributed by atoms with Gasteiger partial charge in [0, 0.05) is 41.7 Å². The molecule has 1 aliphatic rings. The summed E-state index contributed by atoms with van der Waals surface area (Å²) in [6.07, 6.45) is 5.36. The molecule has 0 aliphatic carbocycles. The van der Waals surface area contributed by atoms with E-state index in [0.29, 0.717) is 39.5 Å². The van der Waals surface area contributed by atoms with Gasteiger partial charge in [-0.15, -0.1) is 9.40 Å². The van der Waals surface area contributed by atoms with Crippen LogP contribution in [0.4, 0.5) is 0 Å². The highest BCUT2D eigenvalue weighted by Gasteiger charge is 2.33. The number of ether oxygens (including phenoxy) is 1. The normalized spacial score (nSPS) is 13.1. The molecule has 4 aromatic rings. The molecule has 2 amide bonds. The second-order valence-electron chi connectivity index (χ2n) is 8.54. The van der Waals surface area contributed by atoms with Crippen LogP contribution in [0.15, 0.2) is 82.5 Å². The number of imide groups is 1. The zero-order chi connectivity index (χ0) is 28.1. The summed E-state index contributed by atoms with van der Waals surface area (Å²) in [6.45, 7) is 0.450. The van der Waals surface area contributed by atoms with Gasteiger partial charge in [0.2, 0.25) is 5.89 Å². The van der Waals surface area contributed by atoms with Gasteiger partial charge in [-0.25, -0.2) is 19.6 Å². The molecule has 0 unspecified atom stereocenters. The number of carbonyl (C=O) groups is 3. The van der Waals surface area contributed by atoms with Crippen molar-refractivity contribution in [3.8, 4) is 28.5 Å². The molecule has 1 aliphatic heterocycles. The molecule has 0 atom stereocenters. The van der Waals surface area contributed by atoms with Gasteiger partial charge in [-0.05, 0) is 30.3 Å². The lowest BCUT2D eigenvalue weighted by Gasteiger charge is -2.12. The molecule has 0 radical (unpaired) electrons. The van der Waals surface area contributed by atoms with Gasteiger partial charge in [0.15, 0.2) is 24.7 Å². The Labute approximate surface area is 231 Å². The van der Waals surface area contributed by atoms with Gasteiger partial charge in [-0.1, -0.05) is 17.2 Å². The summed E-state index contributed by atoms with van der Waals surface area (Å²) in [5.41, 5.74) is 2.50. The minimum absolute atomic E-state index is 0.0336. The molecule has 1 N–H and O–H groups in total. The Morgan fingerprint density at radius 1 is 1.07 bits per heavy atom. The van der Waals surface area contributed by atoms with Crippen molar-refractivity contribution in [3.05, 3.63) is 84.3 Å². The van der Waals surface area contributed by atoms with E-state index in [-0.39, 0.29) is 18.4 Å². The maximum Gasteiger partial charge on any atom is 0.363 e. The molecule has 0 spiro atoms. The summed E-state index contributed by atoms with van der Waals surface area (Å²) >= 11 is 0.779. The molecule has 12 nitrogen and oxygen atoms in total. The Morgan fingerprint density at radius 2 is 1.85 bits per heavy atom. The third-order valence-electron chi connectivity index (χ3n) is 5.95. The molecule has 13 heteroatoms. The number of carbonyl (C=O) groups excluding carboxylic acids is 3. The summed E-state index contributed by atoms with van der Waals surface area (Å²) in [6, 6.07) is 15.7. The number of rotatable bonds is 10. The molecule has 2 aromatic carbocycles. The van der Waals surface area contributed by atoms with Crippen LogP contribution in [0.2, 0.25) is 0 Å². The molecule has 5 rings (SSSR count). The van der Waals surface area contributed by atoms with Crippen molar-refractivity contribution >= 4 is 29.8 Å². The largest absolute Gasteiger partial charge is 0.495 e. The predicted molar refractivity (Wildman–Crippen MR) is 137 cm³/mol. The fourth-order valence-electron chi connectivity index (χ4n) is 3.99. The van der Waals surface area contributed by atoms with E-state index in [1.165, 1.54) is 7.11 Å². The number of benzene rings is 2. The lowest BCUT2D eigenvalue weighted by molar-refractivity contribution is -0.688.